The molecule has 0 aromatic heterocycles. The zero-order valence-corrected chi connectivity index (χ0v) is 11.6. The molecule has 0 aliphatic carbocycles. The highest BCUT2D eigenvalue weighted by Crippen LogP contribution is 2.14. The highest BCUT2D eigenvalue weighted by Gasteiger charge is 2.15. The standard InChI is InChI=1S/C11H16N4O4S/c1-20(18,19)15-8-4-2-7(3-5-8)14-11(17)9(12)6-10(13)16/h2-5,9,15H,6,12H2,1H3,(H2,13,16)(H,14,17). The van der Waals surface area contributed by atoms with Crippen LogP contribution in [0.5, 0.6) is 0 Å². The second-order valence-electron chi connectivity index (χ2n) is 4.22. The second-order valence-corrected chi connectivity index (χ2v) is 5.97. The van der Waals surface area contributed by atoms with E-state index in [1.54, 1.807) is 0 Å². The molecule has 0 radical (unpaired) electrons. The number of carbonyl (C=O) groups excluding carboxylic acids is 2. The molecule has 0 saturated carbocycles. The molecule has 0 aliphatic rings. The van der Waals surface area contributed by atoms with E-state index < -0.39 is 27.9 Å². The van der Waals surface area contributed by atoms with Gasteiger partial charge in [-0.1, -0.05) is 0 Å². The van der Waals surface area contributed by atoms with Crippen LogP contribution in [0.1, 0.15) is 6.42 Å². The summed E-state index contributed by atoms with van der Waals surface area (Å²) in [5, 5.41) is 2.49. The van der Waals surface area contributed by atoms with E-state index >= 15 is 0 Å². The molecule has 0 fully saturated rings. The third kappa shape index (κ3) is 5.67. The third-order valence-corrected chi connectivity index (χ3v) is 2.82. The first-order valence-corrected chi connectivity index (χ1v) is 7.49. The minimum atomic E-state index is -3.35. The third-order valence-electron chi connectivity index (χ3n) is 2.21. The number of carbonyl (C=O) groups is 2. The van der Waals surface area contributed by atoms with Crippen molar-refractivity contribution in [3.63, 3.8) is 0 Å². The fourth-order valence-electron chi connectivity index (χ4n) is 1.38. The molecule has 2 amide bonds. The predicted octanol–water partition coefficient (Wildman–Crippen LogP) is -0.801. The van der Waals surface area contributed by atoms with Crippen LogP contribution in [0, 0.1) is 0 Å². The highest BCUT2D eigenvalue weighted by molar-refractivity contribution is 7.92. The van der Waals surface area contributed by atoms with E-state index in [0.717, 1.165) is 6.26 Å². The average Bonchev–Trinajstić information content (AvgIpc) is 2.28. The van der Waals surface area contributed by atoms with Crippen molar-refractivity contribution in [2.24, 2.45) is 11.5 Å². The Labute approximate surface area is 116 Å². The maximum atomic E-state index is 11.6. The summed E-state index contributed by atoms with van der Waals surface area (Å²) in [6.45, 7) is 0. The summed E-state index contributed by atoms with van der Waals surface area (Å²) >= 11 is 0. The molecule has 9 heteroatoms. The van der Waals surface area contributed by atoms with E-state index in [9.17, 15) is 18.0 Å². The summed E-state index contributed by atoms with van der Waals surface area (Å²) in [7, 11) is -3.35. The van der Waals surface area contributed by atoms with Gasteiger partial charge in [0.15, 0.2) is 0 Å². The molecule has 1 rings (SSSR count). The Morgan fingerprint density at radius 2 is 1.70 bits per heavy atom. The van der Waals surface area contributed by atoms with Gasteiger partial charge in [0, 0.05) is 11.4 Å². The van der Waals surface area contributed by atoms with Gasteiger partial charge >= 0.3 is 0 Å². The Balaban J connectivity index is 2.66. The van der Waals surface area contributed by atoms with Crippen molar-refractivity contribution in [3.8, 4) is 0 Å². The van der Waals surface area contributed by atoms with Crippen molar-refractivity contribution in [2.75, 3.05) is 16.3 Å². The van der Waals surface area contributed by atoms with Crippen molar-refractivity contribution in [2.45, 2.75) is 12.5 Å². The van der Waals surface area contributed by atoms with E-state index in [-0.39, 0.29) is 6.42 Å². The number of hydrogen-bond acceptors (Lipinski definition) is 5. The number of rotatable bonds is 6. The lowest BCUT2D eigenvalue weighted by Crippen LogP contribution is -2.38. The smallest absolute Gasteiger partial charge is 0.241 e. The number of benzene rings is 1. The minimum Gasteiger partial charge on any atom is -0.370 e. The monoisotopic (exact) mass is 300 g/mol. The first kappa shape index (κ1) is 15.9. The van der Waals surface area contributed by atoms with Crippen molar-refractivity contribution >= 4 is 33.2 Å². The molecule has 110 valence electrons. The molecular formula is C11H16N4O4S. The lowest BCUT2D eigenvalue weighted by Gasteiger charge is -2.11. The van der Waals surface area contributed by atoms with E-state index in [1.165, 1.54) is 24.3 Å². The van der Waals surface area contributed by atoms with Crippen LogP contribution in [0.15, 0.2) is 24.3 Å². The maximum absolute atomic E-state index is 11.6. The Morgan fingerprint density at radius 1 is 1.20 bits per heavy atom. The quantitative estimate of drug-likeness (QED) is 0.543. The van der Waals surface area contributed by atoms with E-state index in [4.69, 9.17) is 11.5 Å². The Kier molecular flexibility index (Phi) is 5.06. The van der Waals surface area contributed by atoms with Gasteiger partial charge in [-0.05, 0) is 24.3 Å². The van der Waals surface area contributed by atoms with Crippen LogP contribution in [0.2, 0.25) is 0 Å². The summed E-state index contributed by atoms with van der Waals surface area (Å²) in [5.41, 5.74) is 11.2. The molecule has 0 spiro atoms. The summed E-state index contributed by atoms with van der Waals surface area (Å²) in [6.07, 6.45) is 0.783. The first-order chi connectivity index (χ1) is 9.17. The average molecular weight is 300 g/mol. The number of amides is 2. The van der Waals surface area contributed by atoms with Crippen molar-refractivity contribution in [3.05, 3.63) is 24.3 Å². The predicted molar refractivity (Wildman–Crippen MR) is 75.3 cm³/mol. The number of sulfonamides is 1. The van der Waals surface area contributed by atoms with Gasteiger partial charge in [-0.15, -0.1) is 0 Å². The largest absolute Gasteiger partial charge is 0.370 e. The highest BCUT2D eigenvalue weighted by atomic mass is 32.2. The Bertz CT molecular complexity index is 597. The molecular weight excluding hydrogens is 284 g/mol. The SMILES string of the molecule is CS(=O)(=O)Nc1ccc(NC(=O)C(N)CC(N)=O)cc1. The molecule has 20 heavy (non-hydrogen) atoms. The maximum Gasteiger partial charge on any atom is 0.241 e. The fraction of sp³-hybridized carbons (Fsp3) is 0.273. The molecule has 6 N–H and O–H groups in total. The summed E-state index contributed by atoms with van der Waals surface area (Å²) in [4.78, 5) is 22.2. The van der Waals surface area contributed by atoms with Crippen molar-refractivity contribution in [1.82, 2.24) is 0 Å². The summed E-state index contributed by atoms with van der Waals surface area (Å²) in [5.74, 6) is -1.21. The number of anilines is 2. The van der Waals surface area contributed by atoms with Crippen LogP contribution in [0.25, 0.3) is 0 Å². The van der Waals surface area contributed by atoms with Gasteiger partial charge < -0.3 is 16.8 Å². The normalized spacial score (nSPS) is 12.5. The number of nitrogens with two attached hydrogens (primary N) is 2. The summed E-state index contributed by atoms with van der Waals surface area (Å²) in [6, 6.07) is 4.94. The van der Waals surface area contributed by atoms with Crippen LogP contribution >= 0.6 is 0 Å². The van der Waals surface area contributed by atoms with Crippen molar-refractivity contribution in [1.29, 1.82) is 0 Å². The van der Waals surface area contributed by atoms with Gasteiger partial charge in [0.25, 0.3) is 0 Å². The van der Waals surface area contributed by atoms with Crippen LogP contribution in [0.4, 0.5) is 11.4 Å². The number of nitrogens with one attached hydrogen (secondary N) is 2. The van der Waals surface area contributed by atoms with Crippen molar-refractivity contribution < 1.29 is 18.0 Å². The van der Waals surface area contributed by atoms with Gasteiger partial charge in [0.05, 0.1) is 18.7 Å². The van der Waals surface area contributed by atoms with E-state index in [2.05, 4.69) is 10.0 Å². The molecule has 1 aromatic rings. The van der Waals surface area contributed by atoms with E-state index in [1.807, 2.05) is 0 Å². The first-order valence-electron chi connectivity index (χ1n) is 5.60. The molecule has 1 atom stereocenters. The zero-order chi connectivity index (χ0) is 15.3. The molecule has 0 bridgehead atoms. The Morgan fingerprint density at radius 3 is 2.15 bits per heavy atom. The number of hydrogen-bond donors (Lipinski definition) is 4. The van der Waals surface area contributed by atoms with Crippen LogP contribution < -0.4 is 21.5 Å². The van der Waals surface area contributed by atoms with Gasteiger partial charge in [-0.25, -0.2) is 8.42 Å². The number of primary amides is 1. The van der Waals surface area contributed by atoms with Gasteiger partial charge in [0.1, 0.15) is 0 Å². The van der Waals surface area contributed by atoms with E-state index in [0.29, 0.717) is 11.4 Å². The lowest BCUT2D eigenvalue weighted by molar-refractivity contribution is -0.123. The van der Waals surface area contributed by atoms with Gasteiger partial charge in [0.2, 0.25) is 21.8 Å². The topological polar surface area (TPSA) is 144 Å². The molecule has 8 nitrogen and oxygen atoms in total. The Hall–Kier alpha value is -2.13. The van der Waals surface area contributed by atoms with Crippen LogP contribution in [-0.4, -0.2) is 32.5 Å². The van der Waals surface area contributed by atoms with Crippen LogP contribution in [-0.2, 0) is 19.6 Å². The molecule has 0 heterocycles. The lowest BCUT2D eigenvalue weighted by atomic mass is 10.2. The summed E-state index contributed by atoms with van der Waals surface area (Å²) < 4.78 is 24.3. The molecule has 1 aromatic carbocycles. The van der Waals surface area contributed by atoms with Crippen LogP contribution in [0.3, 0.4) is 0 Å². The molecule has 0 aliphatic heterocycles. The zero-order valence-electron chi connectivity index (χ0n) is 10.8. The molecule has 0 saturated heterocycles. The molecule has 1 unspecified atom stereocenters. The fourth-order valence-corrected chi connectivity index (χ4v) is 1.94. The minimum absolute atomic E-state index is 0.250. The van der Waals surface area contributed by atoms with Gasteiger partial charge in [-0.3, -0.25) is 14.3 Å². The van der Waals surface area contributed by atoms with Gasteiger partial charge in [-0.2, -0.15) is 0 Å². The second kappa shape index (κ2) is 6.35.